The maximum Gasteiger partial charge on any atom is 0.326 e. The highest BCUT2D eigenvalue weighted by molar-refractivity contribution is 5.83. The summed E-state index contributed by atoms with van der Waals surface area (Å²) in [6.07, 6.45) is 2.33. The third-order valence-electron chi connectivity index (χ3n) is 2.74. The number of aryl methyl sites for hydroxylation is 1. The van der Waals surface area contributed by atoms with Crippen LogP contribution in [0.5, 0.6) is 0 Å². The molecule has 0 aliphatic rings. The van der Waals surface area contributed by atoms with E-state index >= 15 is 0 Å². The molecule has 1 rings (SSSR count). The van der Waals surface area contributed by atoms with E-state index in [0.29, 0.717) is 5.89 Å². The molecule has 0 saturated heterocycles. The van der Waals surface area contributed by atoms with E-state index in [1.54, 1.807) is 27.0 Å². The first-order valence-corrected chi connectivity index (χ1v) is 6.44. The van der Waals surface area contributed by atoms with Crippen molar-refractivity contribution in [2.45, 2.75) is 46.7 Å². The SMILES string of the molecule is CCc1cnc(CNC(=O)NC(C(=O)O)C(C)(C)C)o1. The second-order valence-electron chi connectivity index (χ2n) is 5.54. The van der Waals surface area contributed by atoms with Crippen molar-refractivity contribution in [3.63, 3.8) is 0 Å². The summed E-state index contributed by atoms with van der Waals surface area (Å²) in [5.74, 6) is 0.0528. The van der Waals surface area contributed by atoms with E-state index in [9.17, 15) is 9.59 Å². The Morgan fingerprint density at radius 1 is 1.45 bits per heavy atom. The lowest BCUT2D eigenvalue weighted by atomic mass is 9.87. The second-order valence-corrected chi connectivity index (χ2v) is 5.54. The molecule has 112 valence electrons. The van der Waals surface area contributed by atoms with Gasteiger partial charge in [0.05, 0.1) is 12.7 Å². The number of hydrogen-bond acceptors (Lipinski definition) is 4. The lowest BCUT2D eigenvalue weighted by Crippen LogP contribution is -2.52. The molecule has 2 amide bonds. The minimum absolute atomic E-state index is 0.113. The zero-order chi connectivity index (χ0) is 15.3. The molecule has 1 aromatic rings. The molecule has 0 saturated carbocycles. The molecule has 0 spiro atoms. The van der Waals surface area contributed by atoms with E-state index in [1.165, 1.54) is 0 Å². The van der Waals surface area contributed by atoms with Gasteiger partial charge in [-0.15, -0.1) is 0 Å². The van der Waals surface area contributed by atoms with E-state index in [1.807, 2.05) is 6.92 Å². The molecule has 0 aromatic carbocycles. The molecule has 1 heterocycles. The number of nitrogens with one attached hydrogen (secondary N) is 2. The van der Waals surface area contributed by atoms with Crippen molar-refractivity contribution in [1.82, 2.24) is 15.6 Å². The summed E-state index contributed by atoms with van der Waals surface area (Å²) in [7, 11) is 0. The number of amides is 2. The first kappa shape index (κ1) is 16.0. The third-order valence-corrected chi connectivity index (χ3v) is 2.74. The van der Waals surface area contributed by atoms with Gasteiger partial charge < -0.3 is 20.2 Å². The molecule has 0 aliphatic carbocycles. The van der Waals surface area contributed by atoms with Gasteiger partial charge in [0, 0.05) is 6.42 Å². The van der Waals surface area contributed by atoms with Crippen molar-refractivity contribution in [2.75, 3.05) is 0 Å². The molecule has 0 aliphatic heterocycles. The summed E-state index contributed by atoms with van der Waals surface area (Å²) >= 11 is 0. The summed E-state index contributed by atoms with van der Waals surface area (Å²) < 4.78 is 5.33. The average molecular weight is 283 g/mol. The van der Waals surface area contributed by atoms with Crippen LogP contribution < -0.4 is 10.6 Å². The van der Waals surface area contributed by atoms with Crippen LogP contribution >= 0.6 is 0 Å². The van der Waals surface area contributed by atoms with Crippen LogP contribution in [0.15, 0.2) is 10.6 Å². The monoisotopic (exact) mass is 283 g/mol. The first-order valence-electron chi connectivity index (χ1n) is 6.44. The van der Waals surface area contributed by atoms with Crippen molar-refractivity contribution in [1.29, 1.82) is 0 Å². The van der Waals surface area contributed by atoms with Gasteiger partial charge in [0.15, 0.2) is 0 Å². The molecule has 0 radical (unpaired) electrons. The van der Waals surface area contributed by atoms with Gasteiger partial charge in [0.25, 0.3) is 0 Å². The number of urea groups is 1. The van der Waals surface area contributed by atoms with Gasteiger partial charge in [-0.3, -0.25) is 0 Å². The molecule has 20 heavy (non-hydrogen) atoms. The molecule has 7 nitrogen and oxygen atoms in total. The number of oxazole rings is 1. The molecule has 0 fully saturated rings. The largest absolute Gasteiger partial charge is 0.480 e. The number of nitrogens with zero attached hydrogens (tertiary/aromatic N) is 1. The summed E-state index contributed by atoms with van der Waals surface area (Å²) in [5, 5.41) is 14.1. The third kappa shape index (κ3) is 4.56. The van der Waals surface area contributed by atoms with E-state index in [-0.39, 0.29) is 6.54 Å². The molecule has 1 unspecified atom stereocenters. The summed E-state index contributed by atoms with van der Waals surface area (Å²) in [6.45, 7) is 7.28. The fraction of sp³-hybridized carbons (Fsp3) is 0.615. The van der Waals surface area contributed by atoms with Crippen LogP contribution in [0.4, 0.5) is 4.79 Å². The number of aliphatic carboxylic acids is 1. The van der Waals surface area contributed by atoms with Crippen LogP contribution in [-0.2, 0) is 17.8 Å². The topological polar surface area (TPSA) is 104 Å². The zero-order valence-electron chi connectivity index (χ0n) is 12.2. The highest BCUT2D eigenvalue weighted by Crippen LogP contribution is 2.19. The Hall–Kier alpha value is -2.05. The number of aromatic nitrogens is 1. The van der Waals surface area contributed by atoms with Crippen molar-refractivity contribution >= 4 is 12.0 Å². The molecule has 1 atom stereocenters. The van der Waals surface area contributed by atoms with Gasteiger partial charge >= 0.3 is 12.0 Å². The molecular formula is C13H21N3O4. The number of rotatable bonds is 5. The Morgan fingerprint density at radius 3 is 2.55 bits per heavy atom. The molecule has 1 aromatic heterocycles. The van der Waals surface area contributed by atoms with Crippen molar-refractivity contribution < 1.29 is 19.1 Å². The zero-order valence-corrected chi connectivity index (χ0v) is 12.2. The number of hydrogen-bond donors (Lipinski definition) is 3. The standard InChI is InChI=1S/C13H21N3O4/c1-5-8-6-14-9(20-8)7-15-12(19)16-10(11(17)18)13(2,3)4/h6,10H,5,7H2,1-4H3,(H,17,18)(H2,15,16,19). The van der Waals surface area contributed by atoms with E-state index in [0.717, 1.165) is 12.2 Å². The van der Waals surface area contributed by atoms with Crippen LogP contribution in [0.3, 0.4) is 0 Å². The van der Waals surface area contributed by atoms with Gasteiger partial charge in [0.1, 0.15) is 11.8 Å². The van der Waals surface area contributed by atoms with Crippen molar-refractivity contribution in [2.24, 2.45) is 5.41 Å². The number of carbonyl (C=O) groups is 2. The maximum atomic E-state index is 11.7. The van der Waals surface area contributed by atoms with E-state index in [4.69, 9.17) is 9.52 Å². The number of carbonyl (C=O) groups excluding carboxylic acids is 1. The van der Waals surface area contributed by atoms with Crippen LogP contribution in [0.25, 0.3) is 0 Å². The Balaban J connectivity index is 2.52. The van der Waals surface area contributed by atoms with Crippen LogP contribution in [0.1, 0.15) is 39.3 Å². The minimum atomic E-state index is -1.07. The number of carboxylic acid groups (broad SMARTS) is 1. The Kier molecular flexibility index (Phi) is 5.12. The van der Waals surface area contributed by atoms with Crippen molar-refractivity contribution in [3.05, 3.63) is 17.8 Å². The fourth-order valence-corrected chi connectivity index (χ4v) is 1.58. The van der Waals surface area contributed by atoms with Gasteiger partial charge in [-0.2, -0.15) is 0 Å². The Labute approximate surface area is 117 Å². The highest BCUT2D eigenvalue weighted by Gasteiger charge is 2.32. The van der Waals surface area contributed by atoms with E-state index in [2.05, 4.69) is 15.6 Å². The van der Waals surface area contributed by atoms with Gasteiger partial charge in [0.2, 0.25) is 5.89 Å². The quantitative estimate of drug-likeness (QED) is 0.760. The van der Waals surface area contributed by atoms with Crippen molar-refractivity contribution in [3.8, 4) is 0 Å². The summed E-state index contributed by atoms with van der Waals surface area (Å²) in [6, 6.07) is -1.54. The Bertz CT molecular complexity index is 476. The normalized spacial score (nSPS) is 12.8. The predicted molar refractivity (Wildman–Crippen MR) is 72.1 cm³/mol. The van der Waals surface area contributed by atoms with Crippen LogP contribution in [-0.4, -0.2) is 28.1 Å². The molecule has 3 N–H and O–H groups in total. The van der Waals surface area contributed by atoms with Gasteiger partial charge in [-0.25, -0.2) is 14.6 Å². The number of carboxylic acids is 1. The highest BCUT2D eigenvalue weighted by atomic mass is 16.4. The molecule has 0 bridgehead atoms. The molecular weight excluding hydrogens is 262 g/mol. The maximum absolute atomic E-state index is 11.7. The predicted octanol–water partition coefficient (Wildman–Crippen LogP) is 1.54. The van der Waals surface area contributed by atoms with Crippen LogP contribution in [0.2, 0.25) is 0 Å². The van der Waals surface area contributed by atoms with E-state index < -0.39 is 23.5 Å². The summed E-state index contributed by atoms with van der Waals surface area (Å²) in [5.41, 5.74) is -0.582. The Morgan fingerprint density at radius 2 is 2.10 bits per heavy atom. The fourth-order valence-electron chi connectivity index (χ4n) is 1.58. The van der Waals surface area contributed by atoms with Gasteiger partial charge in [-0.05, 0) is 5.41 Å². The first-order chi connectivity index (χ1) is 9.24. The minimum Gasteiger partial charge on any atom is -0.480 e. The average Bonchev–Trinajstić information content (AvgIpc) is 2.79. The lowest BCUT2D eigenvalue weighted by molar-refractivity contribution is -0.141. The van der Waals surface area contributed by atoms with Gasteiger partial charge in [-0.1, -0.05) is 27.7 Å². The summed E-state index contributed by atoms with van der Waals surface area (Å²) in [4.78, 5) is 26.8. The smallest absolute Gasteiger partial charge is 0.326 e. The lowest BCUT2D eigenvalue weighted by Gasteiger charge is -2.27. The second kappa shape index (κ2) is 6.40. The van der Waals surface area contributed by atoms with Crippen LogP contribution in [0, 0.1) is 5.41 Å². The molecule has 7 heteroatoms.